The Labute approximate surface area is 210 Å². The number of fused-ring (bicyclic) bond motifs is 4. The third-order valence-electron chi connectivity index (χ3n) is 7.32. The van der Waals surface area contributed by atoms with Gasteiger partial charge in [-0.25, -0.2) is 4.79 Å². The van der Waals surface area contributed by atoms with Crippen LogP contribution < -0.4 is 24.6 Å². The minimum atomic E-state index is -0.305. The molecule has 8 heteroatoms. The van der Waals surface area contributed by atoms with Crippen molar-refractivity contribution >= 4 is 0 Å². The summed E-state index contributed by atoms with van der Waals surface area (Å²) in [7, 11) is 2.19. The Hall–Kier alpha value is -3.52. The van der Waals surface area contributed by atoms with Crippen LogP contribution in [-0.4, -0.2) is 60.0 Å². The van der Waals surface area contributed by atoms with Crippen molar-refractivity contribution < 1.29 is 18.9 Å². The largest absolute Gasteiger partial charge is 0.494 e. The van der Waals surface area contributed by atoms with E-state index in [0.717, 1.165) is 35.6 Å². The normalized spacial score (nSPS) is 20.5. The number of ether oxygens (including phenoxy) is 4. The highest BCUT2D eigenvalue weighted by Gasteiger charge is 2.24. The number of hydrogen-bond acceptors (Lipinski definition) is 7. The van der Waals surface area contributed by atoms with E-state index in [0.29, 0.717) is 37.4 Å². The van der Waals surface area contributed by atoms with Gasteiger partial charge in [0.05, 0.1) is 12.3 Å². The molecule has 0 bridgehead atoms. The van der Waals surface area contributed by atoms with Crippen LogP contribution in [0.3, 0.4) is 0 Å². The second-order valence-electron chi connectivity index (χ2n) is 9.71. The van der Waals surface area contributed by atoms with Gasteiger partial charge in [0, 0.05) is 24.2 Å². The fourth-order valence-corrected chi connectivity index (χ4v) is 5.33. The van der Waals surface area contributed by atoms with E-state index in [-0.39, 0.29) is 18.4 Å². The van der Waals surface area contributed by atoms with Crippen LogP contribution in [-0.2, 0) is 13.0 Å². The molecule has 0 saturated carbocycles. The quantitative estimate of drug-likeness (QED) is 0.503. The fourth-order valence-electron chi connectivity index (χ4n) is 5.33. The van der Waals surface area contributed by atoms with Gasteiger partial charge in [-0.15, -0.1) is 0 Å². The summed E-state index contributed by atoms with van der Waals surface area (Å²) >= 11 is 0. The Balaban J connectivity index is 1.13. The topological polar surface area (TPSA) is 75.1 Å². The maximum atomic E-state index is 12.8. The van der Waals surface area contributed by atoms with Gasteiger partial charge in [0.1, 0.15) is 19.0 Å². The molecule has 0 radical (unpaired) electrons. The molecular formula is C28H31N3O5. The van der Waals surface area contributed by atoms with E-state index < -0.39 is 0 Å². The number of benzene rings is 2. The highest BCUT2D eigenvalue weighted by molar-refractivity contribution is 5.67. The lowest BCUT2D eigenvalue weighted by molar-refractivity contribution is 0.0520. The lowest BCUT2D eigenvalue weighted by Crippen LogP contribution is -2.35. The molecule has 0 amide bonds. The average Bonchev–Trinajstić information content (AvgIpc) is 3.31. The Bertz CT molecular complexity index is 1310. The van der Waals surface area contributed by atoms with E-state index in [1.807, 2.05) is 42.5 Å². The molecule has 4 heterocycles. The summed E-state index contributed by atoms with van der Waals surface area (Å²) in [5.74, 6) is 2.59. The smallest absolute Gasteiger partial charge is 0.351 e. The Morgan fingerprint density at radius 1 is 1.08 bits per heavy atom. The first-order chi connectivity index (χ1) is 17.6. The molecule has 2 atom stereocenters. The summed E-state index contributed by atoms with van der Waals surface area (Å²) in [6.45, 7) is 3.09. The van der Waals surface area contributed by atoms with E-state index in [1.54, 1.807) is 4.57 Å². The van der Waals surface area contributed by atoms with Gasteiger partial charge < -0.3 is 23.8 Å². The molecule has 3 aliphatic heterocycles. The van der Waals surface area contributed by atoms with Crippen LogP contribution in [0.15, 0.2) is 53.3 Å². The standard InChI is InChI=1S/C28H31N3O5/c1-30-12-4-5-20(30)11-14-33-21-8-9-23-19(15-21)10-13-31-24(23)16-27(29-28(31)32)35-18-22-17-34-25-6-2-3-7-26(25)36-22/h2-3,6-9,15-16,20,22H,4-5,10-14,17-18H2,1H3. The highest BCUT2D eigenvalue weighted by atomic mass is 16.6. The van der Waals surface area contributed by atoms with Crippen molar-refractivity contribution in [1.82, 2.24) is 14.5 Å². The number of likely N-dealkylation sites (tertiary alicyclic amines) is 1. The molecule has 0 N–H and O–H groups in total. The summed E-state index contributed by atoms with van der Waals surface area (Å²) in [4.78, 5) is 19.3. The van der Waals surface area contributed by atoms with Crippen molar-refractivity contribution in [3.8, 4) is 34.4 Å². The number of aryl methyl sites for hydroxylation is 1. The van der Waals surface area contributed by atoms with Crippen LogP contribution in [0.5, 0.6) is 23.1 Å². The molecule has 188 valence electrons. The van der Waals surface area contributed by atoms with E-state index in [2.05, 4.69) is 23.0 Å². The molecular weight excluding hydrogens is 458 g/mol. The minimum Gasteiger partial charge on any atom is -0.494 e. The van der Waals surface area contributed by atoms with Gasteiger partial charge in [-0.3, -0.25) is 4.57 Å². The Kier molecular flexibility index (Phi) is 6.27. The number of hydrogen-bond donors (Lipinski definition) is 0. The molecule has 1 fully saturated rings. The summed E-state index contributed by atoms with van der Waals surface area (Å²) in [6.07, 6.45) is 4.05. The van der Waals surface area contributed by atoms with Gasteiger partial charge in [-0.2, -0.15) is 4.98 Å². The predicted molar refractivity (Wildman–Crippen MR) is 135 cm³/mol. The van der Waals surface area contributed by atoms with Gasteiger partial charge in [-0.1, -0.05) is 12.1 Å². The van der Waals surface area contributed by atoms with Gasteiger partial charge in [0.15, 0.2) is 17.6 Å². The third kappa shape index (κ3) is 4.65. The van der Waals surface area contributed by atoms with Crippen molar-refractivity contribution in [2.45, 2.75) is 44.4 Å². The van der Waals surface area contributed by atoms with Crippen molar-refractivity contribution in [1.29, 1.82) is 0 Å². The molecule has 1 saturated heterocycles. The zero-order valence-electron chi connectivity index (χ0n) is 20.5. The highest BCUT2D eigenvalue weighted by Crippen LogP contribution is 2.33. The SMILES string of the molecule is CN1CCCC1CCOc1ccc2c(c1)CCn1c-2cc(OCC2COc3ccccc3O2)nc1=O. The van der Waals surface area contributed by atoms with Crippen molar-refractivity contribution in [3.05, 3.63) is 64.6 Å². The van der Waals surface area contributed by atoms with E-state index in [9.17, 15) is 4.79 Å². The lowest BCUT2D eigenvalue weighted by Gasteiger charge is -2.26. The first kappa shape index (κ1) is 22.9. The van der Waals surface area contributed by atoms with Crippen LogP contribution in [0.2, 0.25) is 0 Å². The predicted octanol–water partition coefficient (Wildman–Crippen LogP) is 3.55. The minimum absolute atomic E-state index is 0.236. The van der Waals surface area contributed by atoms with Crippen LogP contribution in [0.4, 0.5) is 0 Å². The van der Waals surface area contributed by atoms with Gasteiger partial charge in [0.2, 0.25) is 5.88 Å². The van der Waals surface area contributed by atoms with Crippen LogP contribution in [0.1, 0.15) is 24.8 Å². The molecule has 3 aliphatic rings. The van der Waals surface area contributed by atoms with Gasteiger partial charge in [0.25, 0.3) is 0 Å². The lowest BCUT2D eigenvalue weighted by atomic mass is 9.97. The van der Waals surface area contributed by atoms with Crippen molar-refractivity contribution in [2.24, 2.45) is 0 Å². The number of para-hydroxylation sites is 2. The third-order valence-corrected chi connectivity index (χ3v) is 7.32. The summed E-state index contributed by atoms with van der Waals surface area (Å²) < 4.78 is 25.4. The number of rotatable bonds is 7. The van der Waals surface area contributed by atoms with Gasteiger partial charge >= 0.3 is 5.69 Å². The molecule has 2 aromatic carbocycles. The molecule has 36 heavy (non-hydrogen) atoms. The molecule has 0 spiro atoms. The Morgan fingerprint density at radius 2 is 1.97 bits per heavy atom. The second-order valence-corrected chi connectivity index (χ2v) is 9.71. The van der Waals surface area contributed by atoms with Gasteiger partial charge in [-0.05, 0) is 75.2 Å². The summed E-state index contributed by atoms with van der Waals surface area (Å²) in [5, 5.41) is 0. The maximum Gasteiger partial charge on any atom is 0.351 e. The van der Waals surface area contributed by atoms with Crippen LogP contribution in [0.25, 0.3) is 11.3 Å². The van der Waals surface area contributed by atoms with E-state index >= 15 is 0 Å². The number of aromatic nitrogens is 2. The molecule has 0 aliphatic carbocycles. The fraction of sp³-hybridized carbons (Fsp3) is 0.429. The average molecular weight is 490 g/mol. The molecule has 6 rings (SSSR count). The Morgan fingerprint density at radius 3 is 2.83 bits per heavy atom. The first-order valence-corrected chi connectivity index (χ1v) is 12.7. The molecule has 8 nitrogen and oxygen atoms in total. The van der Waals surface area contributed by atoms with E-state index in [1.165, 1.54) is 24.9 Å². The maximum absolute atomic E-state index is 12.8. The zero-order valence-corrected chi connectivity index (χ0v) is 20.5. The summed E-state index contributed by atoms with van der Waals surface area (Å²) in [6, 6.07) is 16.1. The van der Waals surface area contributed by atoms with Crippen LogP contribution in [0, 0.1) is 0 Å². The monoisotopic (exact) mass is 489 g/mol. The van der Waals surface area contributed by atoms with Crippen molar-refractivity contribution in [3.63, 3.8) is 0 Å². The summed E-state index contributed by atoms with van der Waals surface area (Å²) in [5.41, 5.74) is 2.69. The molecule has 2 unspecified atom stereocenters. The molecule has 1 aromatic heterocycles. The van der Waals surface area contributed by atoms with Crippen molar-refractivity contribution in [2.75, 3.05) is 33.4 Å². The van der Waals surface area contributed by atoms with E-state index in [4.69, 9.17) is 18.9 Å². The number of nitrogens with zero attached hydrogens (tertiary/aromatic N) is 3. The first-order valence-electron chi connectivity index (χ1n) is 12.7. The zero-order chi connectivity index (χ0) is 24.5. The van der Waals surface area contributed by atoms with Crippen LogP contribution >= 0.6 is 0 Å². The molecule has 3 aromatic rings. The second kappa shape index (κ2) is 9.85.